The van der Waals surface area contributed by atoms with Gasteiger partial charge >= 0.3 is 0 Å². The fourth-order valence-corrected chi connectivity index (χ4v) is 3.69. The highest BCUT2D eigenvalue weighted by Gasteiger charge is 2.39. The molecule has 1 aliphatic heterocycles. The lowest BCUT2D eigenvalue weighted by atomic mass is 9.89. The predicted octanol–water partition coefficient (Wildman–Crippen LogP) is 0.809. The van der Waals surface area contributed by atoms with Crippen LogP contribution >= 0.6 is 0 Å². The van der Waals surface area contributed by atoms with Crippen LogP contribution in [0, 0.1) is 11.8 Å². The third-order valence-electron chi connectivity index (χ3n) is 5.06. The van der Waals surface area contributed by atoms with E-state index in [9.17, 15) is 4.79 Å². The smallest absolute Gasteiger partial charge is 0.220 e. The fourth-order valence-electron chi connectivity index (χ4n) is 3.69. The molecule has 5 heteroatoms. The number of fused-ring (bicyclic) bond motifs is 1. The molecule has 1 aromatic heterocycles. The summed E-state index contributed by atoms with van der Waals surface area (Å²) in [5, 5.41) is 3.00. The van der Waals surface area contributed by atoms with Gasteiger partial charge in [0.25, 0.3) is 0 Å². The number of hydrogen-bond acceptors (Lipinski definition) is 3. The van der Waals surface area contributed by atoms with Crippen LogP contribution in [0.4, 0.5) is 0 Å². The van der Waals surface area contributed by atoms with Crippen molar-refractivity contribution >= 4 is 5.91 Å². The third kappa shape index (κ3) is 2.73. The van der Waals surface area contributed by atoms with Crippen LogP contribution < -0.4 is 5.32 Å². The molecular formula is C15H24N4O. The van der Waals surface area contributed by atoms with Gasteiger partial charge < -0.3 is 14.8 Å². The maximum Gasteiger partial charge on any atom is 0.220 e. The van der Waals surface area contributed by atoms with Gasteiger partial charge in [-0.05, 0) is 31.7 Å². The van der Waals surface area contributed by atoms with Crippen LogP contribution in [0.5, 0.6) is 0 Å². The van der Waals surface area contributed by atoms with E-state index in [4.69, 9.17) is 0 Å². The average molecular weight is 276 g/mol. The number of likely N-dealkylation sites (N-methyl/N-ethyl adjacent to an activating group) is 1. The lowest BCUT2D eigenvalue weighted by Gasteiger charge is -2.24. The van der Waals surface area contributed by atoms with E-state index in [2.05, 4.69) is 26.8 Å². The van der Waals surface area contributed by atoms with Crippen molar-refractivity contribution in [3.05, 3.63) is 18.2 Å². The van der Waals surface area contributed by atoms with E-state index in [1.54, 1.807) is 0 Å². The van der Waals surface area contributed by atoms with Gasteiger partial charge in [-0.3, -0.25) is 4.79 Å². The highest BCUT2D eigenvalue weighted by molar-refractivity contribution is 5.77. The van der Waals surface area contributed by atoms with Crippen molar-refractivity contribution in [2.24, 2.45) is 18.9 Å². The van der Waals surface area contributed by atoms with Crippen molar-refractivity contribution in [2.45, 2.75) is 31.7 Å². The summed E-state index contributed by atoms with van der Waals surface area (Å²) in [4.78, 5) is 18.3. The first-order valence-electron chi connectivity index (χ1n) is 7.56. The molecule has 1 saturated heterocycles. The molecule has 3 atom stereocenters. The summed E-state index contributed by atoms with van der Waals surface area (Å²) < 4.78 is 2.09. The monoisotopic (exact) mass is 276 g/mol. The highest BCUT2D eigenvalue weighted by atomic mass is 16.1. The van der Waals surface area contributed by atoms with E-state index in [0.29, 0.717) is 17.9 Å². The molecule has 1 amide bonds. The summed E-state index contributed by atoms with van der Waals surface area (Å²) in [6.07, 6.45) is 7.97. The van der Waals surface area contributed by atoms with E-state index >= 15 is 0 Å². The van der Waals surface area contributed by atoms with Crippen molar-refractivity contribution in [2.75, 3.05) is 20.1 Å². The molecule has 110 valence electrons. The SMILES string of the molecule is CN(CCc1nccn1C)[C@H]1C[C@H]2CC(=O)NC[C@H]2C1. The average Bonchev–Trinajstić information content (AvgIpc) is 3.01. The number of amides is 1. The molecule has 1 saturated carbocycles. The number of rotatable bonds is 4. The molecule has 0 spiro atoms. The first-order valence-corrected chi connectivity index (χ1v) is 7.56. The molecule has 0 bridgehead atoms. The second-order valence-electron chi connectivity index (χ2n) is 6.34. The van der Waals surface area contributed by atoms with Crippen LogP contribution in [0.25, 0.3) is 0 Å². The predicted molar refractivity (Wildman–Crippen MR) is 77.2 cm³/mol. The summed E-state index contributed by atoms with van der Waals surface area (Å²) in [6.45, 7) is 1.92. The molecule has 1 aromatic rings. The topological polar surface area (TPSA) is 50.2 Å². The lowest BCUT2D eigenvalue weighted by Crippen LogP contribution is -2.38. The minimum Gasteiger partial charge on any atom is -0.356 e. The van der Waals surface area contributed by atoms with Gasteiger partial charge in [-0.1, -0.05) is 0 Å². The molecule has 5 nitrogen and oxygen atoms in total. The second-order valence-corrected chi connectivity index (χ2v) is 6.34. The number of piperidine rings is 1. The Hall–Kier alpha value is -1.36. The number of carbonyl (C=O) groups is 1. The van der Waals surface area contributed by atoms with Gasteiger partial charge in [-0.15, -0.1) is 0 Å². The van der Waals surface area contributed by atoms with Gasteiger partial charge in [0.2, 0.25) is 5.91 Å². The number of aryl methyl sites for hydroxylation is 1. The zero-order valence-corrected chi connectivity index (χ0v) is 12.4. The summed E-state index contributed by atoms with van der Waals surface area (Å²) in [5.41, 5.74) is 0. The molecule has 1 aliphatic carbocycles. The van der Waals surface area contributed by atoms with Crippen molar-refractivity contribution in [3.63, 3.8) is 0 Å². The Morgan fingerprint density at radius 2 is 2.25 bits per heavy atom. The van der Waals surface area contributed by atoms with Crippen LogP contribution in [0.15, 0.2) is 12.4 Å². The van der Waals surface area contributed by atoms with Gasteiger partial charge in [0.15, 0.2) is 0 Å². The fraction of sp³-hybridized carbons (Fsp3) is 0.733. The third-order valence-corrected chi connectivity index (χ3v) is 5.06. The van der Waals surface area contributed by atoms with Crippen molar-refractivity contribution in [1.82, 2.24) is 19.8 Å². The van der Waals surface area contributed by atoms with E-state index in [0.717, 1.165) is 31.8 Å². The van der Waals surface area contributed by atoms with E-state index < -0.39 is 0 Å². The number of imidazole rings is 1. The Bertz CT molecular complexity index is 484. The van der Waals surface area contributed by atoms with Gasteiger partial charge in [0, 0.05) is 51.4 Å². The van der Waals surface area contributed by atoms with Crippen molar-refractivity contribution < 1.29 is 4.79 Å². The van der Waals surface area contributed by atoms with Crippen LogP contribution in [0.2, 0.25) is 0 Å². The van der Waals surface area contributed by atoms with Crippen LogP contribution in [0.3, 0.4) is 0 Å². The molecule has 0 aromatic carbocycles. The minimum atomic E-state index is 0.238. The Morgan fingerprint density at radius 3 is 3.00 bits per heavy atom. The molecular weight excluding hydrogens is 252 g/mol. The molecule has 0 unspecified atom stereocenters. The van der Waals surface area contributed by atoms with Crippen LogP contribution in [-0.2, 0) is 18.3 Å². The van der Waals surface area contributed by atoms with Crippen molar-refractivity contribution in [1.29, 1.82) is 0 Å². The number of aromatic nitrogens is 2. The molecule has 20 heavy (non-hydrogen) atoms. The number of hydrogen-bond donors (Lipinski definition) is 1. The number of nitrogens with one attached hydrogen (secondary N) is 1. The van der Waals surface area contributed by atoms with Crippen LogP contribution in [0.1, 0.15) is 25.1 Å². The maximum absolute atomic E-state index is 11.5. The lowest BCUT2D eigenvalue weighted by molar-refractivity contribution is -0.124. The van der Waals surface area contributed by atoms with Crippen LogP contribution in [-0.4, -0.2) is 46.5 Å². The van der Waals surface area contributed by atoms with Gasteiger partial charge in [0.1, 0.15) is 5.82 Å². The molecule has 0 radical (unpaired) electrons. The molecule has 3 rings (SSSR count). The van der Waals surface area contributed by atoms with Gasteiger partial charge in [0.05, 0.1) is 0 Å². The summed E-state index contributed by atoms with van der Waals surface area (Å²) >= 11 is 0. The zero-order chi connectivity index (χ0) is 14.1. The Morgan fingerprint density at radius 1 is 1.45 bits per heavy atom. The molecule has 2 heterocycles. The first kappa shape index (κ1) is 13.6. The minimum absolute atomic E-state index is 0.238. The second kappa shape index (κ2) is 5.56. The zero-order valence-electron chi connectivity index (χ0n) is 12.4. The maximum atomic E-state index is 11.5. The van der Waals surface area contributed by atoms with Crippen molar-refractivity contribution in [3.8, 4) is 0 Å². The van der Waals surface area contributed by atoms with Gasteiger partial charge in [-0.25, -0.2) is 4.98 Å². The first-order chi connectivity index (χ1) is 9.63. The highest BCUT2D eigenvalue weighted by Crippen LogP contribution is 2.38. The van der Waals surface area contributed by atoms with E-state index in [1.807, 2.05) is 19.4 Å². The number of nitrogens with zero attached hydrogens (tertiary/aromatic N) is 3. The van der Waals surface area contributed by atoms with Gasteiger partial charge in [-0.2, -0.15) is 0 Å². The quantitative estimate of drug-likeness (QED) is 0.885. The summed E-state index contributed by atoms with van der Waals surface area (Å²) in [7, 11) is 4.25. The molecule has 2 fully saturated rings. The normalized spacial score (nSPS) is 29.6. The van der Waals surface area contributed by atoms with E-state index in [1.165, 1.54) is 12.8 Å². The Balaban J connectivity index is 1.52. The van der Waals surface area contributed by atoms with E-state index in [-0.39, 0.29) is 5.91 Å². The summed E-state index contributed by atoms with van der Waals surface area (Å²) in [5.74, 6) is 2.67. The largest absolute Gasteiger partial charge is 0.356 e. The Kier molecular flexibility index (Phi) is 3.78. The number of carbonyl (C=O) groups excluding carboxylic acids is 1. The summed E-state index contributed by atoms with van der Waals surface area (Å²) in [6, 6.07) is 0.623. The Labute approximate surface area is 120 Å². The molecule has 2 aliphatic rings. The molecule has 1 N–H and O–H groups in total. The standard InChI is InChI=1S/C15H24N4O/c1-18(5-3-14-16-4-6-19(14)2)13-7-11-9-15(20)17-10-12(11)8-13/h4,6,11-13H,3,5,7-10H2,1-2H3,(H,17,20)/t11-,12+,13-/m0/s1.